The van der Waals surface area contributed by atoms with Gasteiger partial charge in [0.1, 0.15) is 5.75 Å². The highest BCUT2D eigenvalue weighted by molar-refractivity contribution is 7.11. The number of hydrogen-bond acceptors (Lipinski definition) is 5. The molecule has 0 aliphatic rings. The van der Waals surface area contributed by atoms with E-state index in [0.29, 0.717) is 18.1 Å². The first-order chi connectivity index (χ1) is 10.8. The molecule has 0 amide bonds. The Morgan fingerprint density at radius 1 is 1.23 bits per heavy atom. The third-order valence-electron chi connectivity index (χ3n) is 3.05. The van der Waals surface area contributed by atoms with Crippen molar-refractivity contribution in [2.45, 2.75) is 6.42 Å². The molecule has 0 atom stereocenters. The number of nitrogens with zero attached hydrogens (tertiary/aromatic N) is 4. The fraction of sp³-hybridized carbons (Fsp3) is 0.0625. The number of rotatable bonds is 5. The van der Waals surface area contributed by atoms with Gasteiger partial charge in [0.2, 0.25) is 0 Å². The standard InChI is InChI=1S/C16H14N4OS/c1-2-15-18-19-16(10-12-5-7-13(21)8-6-12)20(15)17-11-14-4-3-9-22-14/h2-9,11,21H,1,10H2/b17-11+. The molecule has 0 saturated heterocycles. The molecule has 0 aliphatic heterocycles. The van der Waals surface area contributed by atoms with Gasteiger partial charge in [0.15, 0.2) is 11.6 Å². The molecule has 0 fully saturated rings. The molecule has 0 unspecified atom stereocenters. The van der Waals surface area contributed by atoms with E-state index in [2.05, 4.69) is 21.9 Å². The minimum absolute atomic E-state index is 0.243. The second-order valence-corrected chi connectivity index (χ2v) is 5.57. The Morgan fingerprint density at radius 2 is 2.05 bits per heavy atom. The van der Waals surface area contributed by atoms with Crippen LogP contribution in [0.3, 0.4) is 0 Å². The van der Waals surface area contributed by atoms with Crippen molar-refractivity contribution in [1.82, 2.24) is 14.9 Å². The molecule has 2 aromatic heterocycles. The fourth-order valence-corrected chi connectivity index (χ4v) is 2.54. The molecule has 0 aliphatic carbocycles. The average Bonchev–Trinajstić information content (AvgIpc) is 3.17. The molecule has 0 radical (unpaired) electrons. The summed E-state index contributed by atoms with van der Waals surface area (Å²) in [5.41, 5.74) is 1.02. The Hall–Kier alpha value is -2.73. The van der Waals surface area contributed by atoms with E-state index in [4.69, 9.17) is 0 Å². The maximum atomic E-state index is 9.34. The molecule has 2 heterocycles. The zero-order valence-electron chi connectivity index (χ0n) is 11.8. The summed E-state index contributed by atoms with van der Waals surface area (Å²) < 4.78 is 1.68. The van der Waals surface area contributed by atoms with Gasteiger partial charge in [-0.15, -0.1) is 21.5 Å². The average molecular weight is 310 g/mol. The molecular formula is C16H14N4OS. The molecule has 0 bridgehead atoms. The summed E-state index contributed by atoms with van der Waals surface area (Å²) in [5, 5.41) is 24.0. The lowest BCUT2D eigenvalue weighted by Gasteiger charge is -2.03. The third kappa shape index (κ3) is 3.12. The molecule has 1 N–H and O–H groups in total. The molecule has 0 saturated carbocycles. The first kappa shape index (κ1) is 14.2. The predicted octanol–water partition coefficient (Wildman–Crippen LogP) is 3.16. The molecule has 1 aromatic carbocycles. The Morgan fingerprint density at radius 3 is 2.73 bits per heavy atom. The summed E-state index contributed by atoms with van der Waals surface area (Å²) in [4.78, 5) is 1.05. The first-order valence-electron chi connectivity index (χ1n) is 6.69. The van der Waals surface area contributed by atoms with Crippen molar-refractivity contribution in [3.05, 3.63) is 70.4 Å². The van der Waals surface area contributed by atoms with Gasteiger partial charge in [-0.05, 0) is 35.2 Å². The molecule has 22 heavy (non-hydrogen) atoms. The molecule has 6 heteroatoms. The van der Waals surface area contributed by atoms with Gasteiger partial charge in [-0.2, -0.15) is 9.78 Å². The Bertz CT molecular complexity index is 788. The minimum atomic E-state index is 0.243. The van der Waals surface area contributed by atoms with E-state index in [0.717, 1.165) is 10.4 Å². The smallest absolute Gasteiger partial charge is 0.177 e. The lowest BCUT2D eigenvalue weighted by atomic mass is 10.1. The van der Waals surface area contributed by atoms with Gasteiger partial charge in [-0.1, -0.05) is 24.8 Å². The summed E-state index contributed by atoms with van der Waals surface area (Å²) in [5.74, 6) is 1.56. The first-order valence-corrected chi connectivity index (χ1v) is 7.57. The van der Waals surface area contributed by atoms with Crippen LogP contribution in [0.2, 0.25) is 0 Å². The van der Waals surface area contributed by atoms with Crippen molar-refractivity contribution < 1.29 is 5.11 Å². The molecule has 3 rings (SSSR count). The number of phenolic OH excluding ortho intramolecular Hbond substituents is 1. The summed E-state index contributed by atoms with van der Waals surface area (Å²) in [6.45, 7) is 3.74. The van der Waals surface area contributed by atoms with Crippen molar-refractivity contribution in [2.75, 3.05) is 0 Å². The number of benzene rings is 1. The van der Waals surface area contributed by atoms with Crippen LogP contribution in [0.1, 0.15) is 22.1 Å². The van der Waals surface area contributed by atoms with Crippen LogP contribution >= 0.6 is 11.3 Å². The van der Waals surface area contributed by atoms with Crippen LogP contribution < -0.4 is 0 Å². The summed E-state index contributed by atoms with van der Waals surface area (Å²) in [6.07, 6.45) is 3.98. The van der Waals surface area contributed by atoms with Gasteiger partial charge in [-0.25, -0.2) is 0 Å². The fourth-order valence-electron chi connectivity index (χ4n) is 1.96. The van der Waals surface area contributed by atoms with Crippen molar-refractivity contribution in [1.29, 1.82) is 0 Å². The number of aromatic hydroxyl groups is 1. The molecular weight excluding hydrogens is 296 g/mol. The Labute approximate surface area is 131 Å². The van der Waals surface area contributed by atoms with E-state index in [-0.39, 0.29) is 5.75 Å². The minimum Gasteiger partial charge on any atom is -0.508 e. The number of aromatic nitrogens is 3. The van der Waals surface area contributed by atoms with E-state index < -0.39 is 0 Å². The van der Waals surface area contributed by atoms with Crippen LogP contribution in [-0.4, -0.2) is 26.2 Å². The highest BCUT2D eigenvalue weighted by Crippen LogP contribution is 2.14. The van der Waals surface area contributed by atoms with Crippen molar-refractivity contribution in [2.24, 2.45) is 5.10 Å². The lowest BCUT2D eigenvalue weighted by Crippen LogP contribution is -2.01. The van der Waals surface area contributed by atoms with Gasteiger partial charge >= 0.3 is 0 Å². The number of phenols is 1. The largest absolute Gasteiger partial charge is 0.508 e. The molecule has 5 nitrogen and oxygen atoms in total. The van der Waals surface area contributed by atoms with Gasteiger partial charge in [0.25, 0.3) is 0 Å². The topological polar surface area (TPSA) is 63.3 Å². The summed E-state index contributed by atoms with van der Waals surface area (Å²) in [6, 6.07) is 11.0. The second-order valence-electron chi connectivity index (χ2n) is 4.59. The second kappa shape index (κ2) is 6.36. The lowest BCUT2D eigenvalue weighted by molar-refractivity contribution is 0.475. The van der Waals surface area contributed by atoms with Crippen molar-refractivity contribution in [3.8, 4) is 5.75 Å². The predicted molar refractivity (Wildman–Crippen MR) is 88.3 cm³/mol. The van der Waals surface area contributed by atoms with Crippen LogP contribution in [0.15, 0.2) is 53.5 Å². The van der Waals surface area contributed by atoms with E-state index >= 15 is 0 Å². The monoisotopic (exact) mass is 310 g/mol. The van der Waals surface area contributed by atoms with E-state index in [1.165, 1.54) is 0 Å². The Balaban J connectivity index is 1.89. The SMILES string of the molecule is C=Cc1nnc(Cc2ccc(O)cc2)n1/N=C/c1cccs1. The van der Waals surface area contributed by atoms with Crippen LogP contribution in [0.25, 0.3) is 6.08 Å². The highest BCUT2D eigenvalue weighted by atomic mass is 32.1. The van der Waals surface area contributed by atoms with Crippen LogP contribution in [0.4, 0.5) is 0 Å². The van der Waals surface area contributed by atoms with Crippen LogP contribution in [0, 0.1) is 0 Å². The molecule has 110 valence electrons. The molecule has 3 aromatic rings. The zero-order valence-corrected chi connectivity index (χ0v) is 12.6. The van der Waals surface area contributed by atoms with Crippen molar-refractivity contribution in [3.63, 3.8) is 0 Å². The summed E-state index contributed by atoms with van der Waals surface area (Å²) >= 11 is 1.61. The highest BCUT2D eigenvalue weighted by Gasteiger charge is 2.09. The quantitative estimate of drug-likeness (QED) is 0.736. The maximum Gasteiger partial charge on any atom is 0.177 e. The van der Waals surface area contributed by atoms with Crippen molar-refractivity contribution >= 4 is 23.6 Å². The van der Waals surface area contributed by atoms with Gasteiger partial charge in [-0.3, -0.25) is 0 Å². The van der Waals surface area contributed by atoms with E-state index in [1.54, 1.807) is 40.4 Å². The Kier molecular flexibility index (Phi) is 4.11. The zero-order chi connectivity index (χ0) is 15.4. The number of thiophene rings is 1. The number of hydrogen-bond donors (Lipinski definition) is 1. The van der Waals surface area contributed by atoms with E-state index in [1.807, 2.05) is 29.6 Å². The maximum absolute atomic E-state index is 9.34. The van der Waals surface area contributed by atoms with Gasteiger partial charge < -0.3 is 5.11 Å². The normalized spacial score (nSPS) is 11.1. The van der Waals surface area contributed by atoms with Crippen LogP contribution in [-0.2, 0) is 6.42 Å². The third-order valence-corrected chi connectivity index (χ3v) is 3.86. The molecule has 0 spiro atoms. The van der Waals surface area contributed by atoms with Gasteiger partial charge in [0.05, 0.1) is 6.21 Å². The summed E-state index contributed by atoms with van der Waals surface area (Å²) in [7, 11) is 0. The van der Waals surface area contributed by atoms with E-state index in [9.17, 15) is 5.11 Å². The van der Waals surface area contributed by atoms with Gasteiger partial charge in [0, 0.05) is 11.3 Å². The van der Waals surface area contributed by atoms with Crippen LogP contribution in [0.5, 0.6) is 5.75 Å².